The third kappa shape index (κ3) is 1.87. The van der Waals surface area contributed by atoms with Crippen LogP contribution < -0.4 is 4.74 Å². The zero-order valence-corrected chi connectivity index (χ0v) is 9.92. The molecule has 1 aromatic heterocycles. The standard InChI is InChI=1S/C12H20N2O/c1-4-15-12-11(9(2)3)10-7-5-6-8-14(10)13-12/h9H,4-8H2,1-3H3. The molecule has 0 N–H and O–H groups in total. The van der Waals surface area contributed by atoms with Gasteiger partial charge in [0.15, 0.2) is 0 Å². The summed E-state index contributed by atoms with van der Waals surface area (Å²) in [5.41, 5.74) is 2.73. The molecule has 0 aliphatic carbocycles. The molecule has 3 nitrogen and oxygen atoms in total. The molecule has 0 bridgehead atoms. The molecule has 0 spiro atoms. The molecule has 0 saturated heterocycles. The van der Waals surface area contributed by atoms with Crippen molar-refractivity contribution in [1.82, 2.24) is 9.78 Å². The van der Waals surface area contributed by atoms with Gasteiger partial charge in [0.25, 0.3) is 0 Å². The Morgan fingerprint density at radius 3 is 2.87 bits per heavy atom. The van der Waals surface area contributed by atoms with E-state index in [-0.39, 0.29) is 0 Å². The summed E-state index contributed by atoms with van der Waals surface area (Å²) < 4.78 is 7.76. The summed E-state index contributed by atoms with van der Waals surface area (Å²) in [6, 6.07) is 0. The van der Waals surface area contributed by atoms with Gasteiger partial charge in [-0.1, -0.05) is 13.8 Å². The van der Waals surface area contributed by atoms with Crippen molar-refractivity contribution in [2.45, 2.75) is 52.5 Å². The SMILES string of the molecule is CCOc1nn2c(c1C(C)C)CCCC2. The van der Waals surface area contributed by atoms with Gasteiger partial charge in [0.1, 0.15) is 0 Å². The fourth-order valence-corrected chi connectivity index (χ4v) is 2.31. The number of nitrogens with zero attached hydrogens (tertiary/aromatic N) is 2. The van der Waals surface area contributed by atoms with E-state index in [1.807, 2.05) is 6.92 Å². The second kappa shape index (κ2) is 4.25. The van der Waals surface area contributed by atoms with Crippen molar-refractivity contribution in [1.29, 1.82) is 0 Å². The van der Waals surface area contributed by atoms with Gasteiger partial charge in [0, 0.05) is 17.8 Å². The van der Waals surface area contributed by atoms with Gasteiger partial charge in [-0.15, -0.1) is 5.10 Å². The Kier molecular flexibility index (Phi) is 2.98. The maximum Gasteiger partial charge on any atom is 0.236 e. The van der Waals surface area contributed by atoms with E-state index in [2.05, 4.69) is 23.6 Å². The predicted octanol–water partition coefficient (Wildman–Crippen LogP) is 2.74. The van der Waals surface area contributed by atoms with Gasteiger partial charge in [0.2, 0.25) is 5.88 Å². The quantitative estimate of drug-likeness (QED) is 0.763. The Morgan fingerprint density at radius 2 is 2.20 bits per heavy atom. The molecule has 1 aliphatic rings. The van der Waals surface area contributed by atoms with Gasteiger partial charge < -0.3 is 4.74 Å². The number of rotatable bonds is 3. The van der Waals surface area contributed by atoms with Crippen LogP contribution in [0.25, 0.3) is 0 Å². The first-order valence-corrected chi connectivity index (χ1v) is 5.96. The topological polar surface area (TPSA) is 27.1 Å². The summed E-state index contributed by atoms with van der Waals surface area (Å²) >= 11 is 0. The number of fused-ring (bicyclic) bond motifs is 1. The van der Waals surface area contributed by atoms with Crippen LogP contribution in [0.5, 0.6) is 5.88 Å². The van der Waals surface area contributed by atoms with Gasteiger partial charge in [-0.25, -0.2) is 0 Å². The van der Waals surface area contributed by atoms with Crippen molar-refractivity contribution in [3.63, 3.8) is 0 Å². The summed E-state index contributed by atoms with van der Waals surface area (Å²) in [4.78, 5) is 0. The molecule has 1 aromatic rings. The van der Waals surface area contributed by atoms with E-state index in [0.29, 0.717) is 12.5 Å². The highest BCUT2D eigenvalue weighted by Crippen LogP contribution is 2.32. The van der Waals surface area contributed by atoms with Crippen molar-refractivity contribution in [2.75, 3.05) is 6.61 Å². The summed E-state index contributed by atoms with van der Waals surface area (Å²) in [6.45, 7) is 8.21. The molecule has 0 amide bonds. The minimum absolute atomic E-state index is 0.508. The Hall–Kier alpha value is -0.990. The highest BCUT2D eigenvalue weighted by molar-refractivity contribution is 5.35. The summed E-state index contributed by atoms with van der Waals surface area (Å²) in [5, 5.41) is 4.56. The lowest BCUT2D eigenvalue weighted by atomic mass is 9.98. The molecule has 0 saturated carbocycles. The molecule has 0 radical (unpaired) electrons. The van der Waals surface area contributed by atoms with Gasteiger partial charge in [-0.2, -0.15) is 0 Å². The van der Waals surface area contributed by atoms with E-state index in [4.69, 9.17) is 4.74 Å². The Balaban J connectivity index is 2.41. The van der Waals surface area contributed by atoms with E-state index in [1.165, 1.54) is 24.1 Å². The van der Waals surface area contributed by atoms with Crippen LogP contribution in [0.3, 0.4) is 0 Å². The van der Waals surface area contributed by atoms with Crippen LogP contribution in [0, 0.1) is 0 Å². The molecule has 0 aromatic carbocycles. The van der Waals surface area contributed by atoms with Crippen LogP contribution in [0.15, 0.2) is 0 Å². The Bertz CT molecular complexity index is 342. The van der Waals surface area contributed by atoms with Crippen LogP contribution >= 0.6 is 0 Å². The average molecular weight is 208 g/mol. The molecule has 0 fully saturated rings. The predicted molar refractivity (Wildman–Crippen MR) is 60.4 cm³/mol. The Morgan fingerprint density at radius 1 is 1.40 bits per heavy atom. The van der Waals surface area contributed by atoms with Crippen LogP contribution in [0.4, 0.5) is 0 Å². The first-order valence-electron chi connectivity index (χ1n) is 5.96. The molecule has 2 rings (SSSR count). The number of hydrogen-bond donors (Lipinski definition) is 0. The summed E-state index contributed by atoms with van der Waals surface area (Å²) in [5.74, 6) is 1.37. The van der Waals surface area contributed by atoms with Gasteiger partial charge in [-0.3, -0.25) is 4.68 Å². The van der Waals surface area contributed by atoms with E-state index < -0.39 is 0 Å². The Labute approximate surface area is 91.4 Å². The maximum atomic E-state index is 5.62. The first-order chi connectivity index (χ1) is 7.24. The zero-order chi connectivity index (χ0) is 10.8. The lowest BCUT2D eigenvalue weighted by Crippen LogP contribution is -2.12. The van der Waals surface area contributed by atoms with Gasteiger partial charge >= 0.3 is 0 Å². The van der Waals surface area contributed by atoms with Crippen molar-refractivity contribution in [2.24, 2.45) is 0 Å². The molecule has 0 atom stereocenters. The van der Waals surface area contributed by atoms with Gasteiger partial charge in [0.05, 0.1) is 6.61 Å². The molecular weight excluding hydrogens is 188 g/mol. The number of ether oxygens (including phenoxy) is 1. The lowest BCUT2D eigenvalue weighted by molar-refractivity contribution is 0.316. The number of hydrogen-bond acceptors (Lipinski definition) is 2. The third-order valence-electron chi connectivity index (χ3n) is 2.96. The van der Waals surface area contributed by atoms with Crippen LogP contribution in [-0.4, -0.2) is 16.4 Å². The van der Waals surface area contributed by atoms with Crippen molar-refractivity contribution in [3.8, 4) is 5.88 Å². The first kappa shape index (κ1) is 10.5. The largest absolute Gasteiger partial charge is 0.477 e. The van der Waals surface area contributed by atoms with Gasteiger partial charge in [-0.05, 0) is 32.1 Å². The highest BCUT2D eigenvalue weighted by Gasteiger charge is 2.22. The molecule has 3 heteroatoms. The number of aromatic nitrogens is 2. The normalized spacial score (nSPS) is 15.5. The smallest absolute Gasteiger partial charge is 0.236 e. The van der Waals surface area contributed by atoms with Crippen LogP contribution in [-0.2, 0) is 13.0 Å². The van der Waals surface area contributed by atoms with E-state index >= 15 is 0 Å². The van der Waals surface area contributed by atoms with E-state index in [9.17, 15) is 0 Å². The van der Waals surface area contributed by atoms with E-state index in [0.717, 1.165) is 18.8 Å². The highest BCUT2D eigenvalue weighted by atomic mass is 16.5. The zero-order valence-electron chi connectivity index (χ0n) is 9.92. The second-order valence-electron chi connectivity index (χ2n) is 4.43. The van der Waals surface area contributed by atoms with Crippen molar-refractivity contribution >= 4 is 0 Å². The molecule has 15 heavy (non-hydrogen) atoms. The summed E-state index contributed by atoms with van der Waals surface area (Å²) in [6.07, 6.45) is 3.70. The minimum Gasteiger partial charge on any atom is -0.477 e. The molecular formula is C12H20N2O. The fourth-order valence-electron chi connectivity index (χ4n) is 2.31. The number of aryl methyl sites for hydroxylation is 1. The molecule has 0 unspecified atom stereocenters. The van der Waals surface area contributed by atoms with Crippen molar-refractivity contribution < 1.29 is 4.74 Å². The molecule has 84 valence electrons. The summed E-state index contributed by atoms with van der Waals surface area (Å²) in [7, 11) is 0. The third-order valence-corrected chi connectivity index (χ3v) is 2.96. The van der Waals surface area contributed by atoms with E-state index in [1.54, 1.807) is 0 Å². The monoisotopic (exact) mass is 208 g/mol. The second-order valence-corrected chi connectivity index (χ2v) is 4.43. The lowest BCUT2D eigenvalue weighted by Gasteiger charge is -2.15. The average Bonchev–Trinajstić information content (AvgIpc) is 2.56. The minimum atomic E-state index is 0.508. The fraction of sp³-hybridized carbons (Fsp3) is 0.750. The van der Waals surface area contributed by atoms with Crippen molar-refractivity contribution in [3.05, 3.63) is 11.3 Å². The molecule has 2 heterocycles. The van der Waals surface area contributed by atoms with Crippen LogP contribution in [0.1, 0.15) is 50.8 Å². The van der Waals surface area contributed by atoms with Crippen LogP contribution in [0.2, 0.25) is 0 Å². The maximum absolute atomic E-state index is 5.62. The molecule has 1 aliphatic heterocycles.